The molecule has 0 aliphatic carbocycles. The lowest BCUT2D eigenvalue weighted by atomic mass is 10.1. The van der Waals surface area contributed by atoms with Crippen LogP contribution in [0.3, 0.4) is 0 Å². The first-order chi connectivity index (χ1) is 11.6. The summed E-state index contributed by atoms with van der Waals surface area (Å²) < 4.78 is 13.7. The summed E-state index contributed by atoms with van der Waals surface area (Å²) in [6.45, 7) is 3.92. The molecule has 1 heterocycles. The number of amides is 1. The summed E-state index contributed by atoms with van der Waals surface area (Å²) in [6.07, 6.45) is 2.64. The maximum absolute atomic E-state index is 13.7. The summed E-state index contributed by atoms with van der Waals surface area (Å²) in [5, 5.41) is 3.08. The molecule has 24 heavy (non-hydrogen) atoms. The first kappa shape index (κ1) is 16.9. The third-order valence-corrected chi connectivity index (χ3v) is 4.65. The van der Waals surface area contributed by atoms with E-state index in [4.69, 9.17) is 11.6 Å². The van der Waals surface area contributed by atoms with E-state index in [2.05, 4.69) is 17.4 Å². The van der Waals surface area contributed by atoms with Gasteiger partial charge in [0.2, 0.25) is 0 Å². The van der Waals surface area contributed by atoms with Gasteiger partial charge >= 0.3 is 0 Å². The monoisotopic (exact) mass is 347 g/mol. The number of rotatable bonds is 5. The van der Waals surface area contributed by atoms with Crippen LogP contribution in [0.4, 0.5) is 4.39 Å². The summed E-state index contributed by atoms with van der Waals surface area (Å²) in [7, 11) is 0. The second kappa shape index (κ2) is 7.77. The standard InChI is InChI=1S/C19H20ClFN2O/c20-16-7-8-18(21)17(11-16)19(24)22-12-14-3-5-15(6-4-14)13-23-9-1-2-10-23/h3-8,11H,1-2,9-10,12-13H2,(H,22,24)/p+1. The lowest BCUT2D eigenvalue weighted by Gasteiger charge is -2.12. The van der Waals surface area contributed by atoms with Crippen LogP contribution in [0, 0.1) is 5.82 Å². The molecule has 1 amide bonds. The molecule has 0 aromatic heterocycles. The highest BCUT2D eigenvalue weighted by Gasteiger charge is 2.15. The molecule has 5 heteroatoms. The average molecular weight is 348 g/mol. The third kappa shape index (κ3) is 4.34. The van der Waals surface area contributed by atoms with Gasteiger partial charge in [0.05, 0.1) is 18.7 Å². The zero-order chi connectivity index (χ0) is 16.9. The molecule has 0 radical (unpaired) electrons. The molecule has 0 saturated carbocycles. The zero-order valence-corrected chi connectivity index (χ0v) is 14.2. The van der Waals surface area contributed by atoms with Crippen LogP contribution in [0.5, 0.6) is 0 Å². The molecule has 2 aromatic rings. The van der Waals surface area contributed by atoms with Crippen LogP contribution >= 0.6 is 11.6 Å². The van der Waals surface area contributed by atoms with Crippen molar-refractivity contribution in [1.29, 1.82) is 0 Å². The van der Waals surface area contributed by atoms with Crippen molar-refractivity contribution in [3.05, 3.63) is 70.0 Å². The summed E-state index contributed by atoms with van der Waals surface area (Å²) >= 11 is 5.82. The van der Waals surface area contributed by atoms with Crippen LogP contribution in [0.15, 0.2) is 42.5 Å². The molecule has 3 rings (SSSR count). The molecule has 1 aliphatic heterocycles. The minimum Gasteiger partial charge on any atom is -0.348 e. The predicted octanol–water partition coefficient (Wildman–Crippen LogP) is 2.59. The van der Waals surface area contributed by atoms with Gasteiger partial charge in [0.25, 0.3) is 5.91 Å². The summed E-state index contributed by atoms with van der Waals surface area (Å²) in [5.74, 6) is -1.03. The molecule has 0 spiro atoms. The molecular formula is C19H21ClFN2O+. The highest BCUT2D eigenvalue weighted by molar-refractivity contribution is 6.31. The lowest BCUT2D eigenvalue weighted by Crippen LogP contribution is -3.08. The summed E-state index contributed by atoms with van der Waals surface area (Å²) in [6, 6.07) is 12.2. The van der Waals surface area contributed by atoms with Crippen molar-refractivity contribution in [3.63, 3.8) is 0 Å². The fraction of sp³-hybridized carbons (Fsp3) is 0.316. The predicted molar refractivity (Wildman–Crippen MR) is 92.7 cm³/mol. The molecule has 2 aromatic carbocycles. The SMILES string of the molecule is O=C(NCc1ccc(C[NH+]2CCCC2)cc1)c1cc(Cl)ccc1F. The number of benzene rings is 2. The second-order valence-corrected chi connectivity index (χ2v) is 6.69. The molecule has 126 valence electrons. The van der Waals surface area contributed by atoms with Gasteiger partial charge in [-0.25, -0.2) is 4.39 Å². The minimum absolute atomic E-state index is 0.0308. The van der Waals surface area contributed by atoms with E-state index in [0.717, 1.165) is 12.1 Å². The van der Waals surface area contributed by atoms with Crippen LogP contribution in [-0.2, 0) is 13.1 Å². The van der Waals surface area contributed by atoms with Crippen molar-refractivity contribution in [2.75, 3.05) is 13.1 Å². The molecule has 1 saturated heterocycles. The summed E-state index contributed by atoms with van der Waals surface area (Å²) in [4.78, 5) is 13.7. The van der Waals surface area contributed by atoms with Crippen molar-refractivity contribution in [1.82, 2.24) is 5.32 Å². The second-order valence-electron chi connectivity index (χ2n) is 6.26. The van der Waals surface area contributed by atoms with E-state index < -0.39 is 11.7 Å². The van der Waals surface area contributed by atoms with Crippen LogP contribution < -0.4 is 10.2 Å². The van der Waals surface area contributed by atoms with Gasteiger partial charge < -0.3 is 10.2 Å². The Morgan fingerprint density at radius 1 is 1.08 bits per heavy atom. The van der Waals surface area contributed by atoms with E-state index in [-0.39, 0.29) is 5.56 Å². The number of quaternary nitrogens is 1. The number of carbonyl (C=O) groups excluding carboxylic acids is 1. The molecular weight excluding hydrogens is 327 g/mol. The van der Waals surface area contributed by atoms with Gasteiger partial charge in [-0.2, -0.15) is 0 Å². The van der Waals surface area contributed by atoms with Crippen LogP contribution in [-0.4, -0.2) is 19.0 Å². The molecule has 0 atom stereocenters. The quantitative estimate of drug-likeness (QED) is 0.856. The normalized spacial score (nSPS) is 14.8. The maximum Gasteiger partial charge on any atom is 0.254 e. The number of nitrogens with one attached hydrogen (secondary N) is 2. The Kier molecular flexibility index (Phi) is 5.48. The molecule has 0 unspecified atom stereocenters. The summed E-state index contributed by atoms with van der Waals surface area (Å²) in [5.41, 5.74) is 2.27. The van der Waals surface area contributed by atoms with Gasteiger partial charge in [0, 0.05) is 30.0 Å². The van der Waals surface area contributed by atoms with Gasteiger partial charge in [-0.3, -0.25) is 4.79 Å². The average Bonchev–Trinajstić information content (AvgIpc) is 3.09. The molecule has 1 aliphatic rings. The van der Waals surface area contributed by atoms with Gasteiger partial charge in [-0.1, -0.05) is 35.9 Å². The fourth-order valence-electron chi connectivity index (χ4n) is 3.06. The number of carbonyl (C=O) groups is 1. The number of halogens is 2. The Morgan fingerprint density at radius 2 is 1.75 bits per heavy atom. The van der Waals surface area contributed by atoms with Crippen molar-refractivity contribution < 1.29 is 14.1 Å². The highest BCUT2D eigenvalue weighted by Crippen LogP contribution is 2.15. The lowest BCUT2D eigenvalue weighted by molar-refractivity contribution is -0.901. The minimum atomic E-state index is -0.569. The first-order valence-corrected chi connectivity index (χ1v) is 8.64. The van der Waals surface area contributed by atoms with E-state index in [9.17, 15) is 9.18 Å². The van der Waals surface area contributed by atoms with E-state index in [1.54, 1.807) is 4.90 Å². The number of hydrogen-bond acceptors (Lipinski definition) is 1. The molecule has 2 N–H and O–H groups in total. The molecule has 0 bridgehead atoms. The smallest absolute Gasteiger partial charge is 0.254 e. The molecule has 3 nitrogen and oxygen atoms in total. The van der Waals surface area contributed by atoms with E-state index in [0.29, 0.717) is 11.6 Å². The van der Waals surface area contributed by atoms with Gasteiger partial charge in [-0.15, -0.1) is 0 Å². The third-order valence-electron chi connectivity index (χ3n) is 4.41. The fourth-order valence-corrected chi connectivity index (χ4v) is 3.24. The van der Waals surface area contributed by atoms with Crippen LogP contribution in [0.1, 0.15) is 34.3 Å². The topological polar surface area (TPSA) is 33.5 Å². The van der Waals surface area contributed by atoms with Gasteiger partial charge in [0.15, 0.2) is 0 Å². The van der Waals surface area contributed by atoms with Crippen molar-refractivity contribution in [3.8, 4) is 0 Å². The number of likely N-dealkylation sites (tertiary alicyclic amines) is 1. The van der Waals surface area contributed by atoms with Crippen molar-refractivity contribution in [2.24, 2.45) is 0 Å². The largest absolute Gasteiger partial charge is 0.348 e. The Labute approximate surface area is 146 Å². The van der Waals surface area contributed by atoms with Crippen molar-refractivity contribution in [2.45, 2.75) is 25.9 Å². The Balaban J connectivity index is 1.56. The first-order valence-electron chi connectivity index (χ1n) is 8.26. The van der Waals surface area contributed by atoms with E-state index in [1.165, 1.54) is 49.7 Å². The van der Waals surface area contributed by atoms with Crippen molar-refractivity contribution >= 4 is 17.5 Å². The zero-order valence-electron chi connectivity index (χ0n) is 13.4. The maximum atomic E-state index is 13.7. The Morgan fingerprint density at radius 3 is 2.46 bits per heavy atom. The highest BCUT2D eigenvalue weighted by atomic mass is 35.5. The molecule has 1 fully saturated rings. The van der Waals surface area contributed by atoms with E-state index >= 15 is 0 Å². The van der Waals surface area contributed by atoms with E-state index in [1.807, 2.05) is 12.1 Å². The number of hydrogen-bond donors (Lipinski definition) is 2. The Hall–Kier alpha value is -1.91. The Bertz CT molecular complexity index is 712. The van der Waals surface area contributed by atoms with Gasteiger partial charge in [0.1, 0.15) is 12.4 Å². The van der Waals surface area contributed by atoms with Crippen LogP contribution in [0.25, 0.3) is 0 Å². The van der Waals surface area contributed by atoms with Crippen LogP contribution in [0.2, 0.25) is 5.02 Å². The van der Waals surface area contributed by atoms with Gasteiger partial charge in [-0.05, 0) is 23.8 Å².